The molecule has 1 rings (SSSR count). The van der Waals surface area contributed by atoms with Crippen LogP contribution in [-0.4, -0.2) is 16.3 Å². The molecular weight excluding hydrogens is 234 g/mol. The Balaban J connectivity index is 2.62. The first kappa shape index (κ1) is 16.2. The van der Waals surface area contributed by atoms with Crippen LogP contribution in [0.3, 0.4) is 0 Å². The van der Waals surface area contributed by atoms with Gasteiger partial charge in [0.05, 0.1) is 6.20 Å². The van der Waals surface area contributed by atoms with Gasteiger partial charge in [-0.2, -0.15) is 5.10 Å². The SMILES string of the molecule is CCCCC(CC)CC(NCCC)c1cnn(C)c1. The summed E-state index contributed by atoms with van der Waals surface area (Å²) in [5.41, 5.74) is 1.34. The largest absolute Gasteiger partial charge is 0.310 e. The highest BCUT2D eigenvalue weighted by atomic mass is 15.2. The molecule has 0 saturated carbocycles. The molecule has 0 bridgehead atoms. The van der Waals surface area contributed by atoms with Crippen molar-refractivity contribution in [2.24, 2.45) is 13.0 Å². The Hall–Kier alpha value is -0.830. The normalized spacial score (nSPS) is 14.5. The molecule has 0 amide bonds. The lowest BCUT2D eigenvalue weighted by Crippen LogP contribution is -2.24. The van der Waals surface area contributed by atoms with Crippen LogP contribution in [0.25, 0.3) is 0 Å². The highest BCUT2D eigenvalue weighted by Crippen LogP contribution is 2.26. The fourth-order valence-electron chi connectivity index (χ4n) is 2.59. The van der Waals surface area contributed by atoms with E-state index in [4.69, 9.17) is 0 Å². The summed E-state index contributed by atoms with van der Waals surface area (Å²) in [7, 11) is 1.99. The first-order valence-corrected chi connectivity index (χ1v) is 7.93. The summed E-state index contributed by atoms with van der Waals surface area (Å²) in [6, 6.07) is 0.468. The van der Waals surface area contributed by atoms with Crippen LogP contribution in [0.15, 0.2) is 12.4 Å². The van der Waals surface area contributed by atoms with Crippen molar-refractivity contribution in [3.8, 4) is 0 Å². The van der Waals surface area contributed by atoms with Gasteiger partial charge < -0.3 is 5.32 Å². The third kappa shape index (κ3) is 5.77. The second kappa shape index (κ2) is 9.13. The lowest BCUT2D eigenvalue weighted by Gasteiger charge is -2.23. The van der Waals surface area contributed by atoms with Crippen LogP contribution < -0.4 is 5.32 Å². The first-order chi connectivity index (χ1) is 9.21. The molecule has 1 aromatic heterocycles. The molecule has 2 atom stereocenters. The van der Waals surface area contributed by atoms with Crippen molar-refractivity contribution in [2.75, 3.05) is 6.54 Å². The molecule has 0 aliphatic carbocycles. The predicted molar refractivity (Wildman–Crippen MR) is 82.2 cm³/mol. The smallest absolute Gasteiger partial charge is 0.0537 e. The maximum absolute atomic E-state index is 4.32. The minimum absolute atomic E-state index is 0.468. The molecule has 0 radical (unpaired) electrons. The van der Waals surface area contributed by atoms with Crippen LogP contribution in [0, 0.1) is 5.92 Å². The predicted octanol–water partition coefficient (Wildman–Crippen LogP) is 4.07. The number of aromatic nitrogens is 2. The topological polar surface area (TPSA) is 29.9 Å². The summed E-state index contributed by atoms with van der Waals surface area (Å²) in [6.07, 6.45) is 11.9. The number of nitrogens with one attached hydrogen (secondary N) is 1. The lowest BCUT2D eigenvalue weighted by atomic mass is 9.90. The van der Waals surface area contributed by atoms with Gasteiger partial charge in [-0.15, -0.1) is 0 Å². The number of hydrogen-bond donors (Lipinski definition) is 1. The van der Waals surface area contributed by atoms with Gasteiger partial charge in [0.25, 0.3) is 0 Å². The Morgan fingerprint density at radius 1 is 1.26 bits per heavy atom. The van der Waals surface area contributed by atoms with E-state index in [0.717, 1.165) is 12.5 Å². The molecule has 0 aliphatic heterocycles. The van der Waals surface area contributed by atoms with E-state index < -0.39 is 0 Å². The third-order valence-corrected chi connectivity index (χ3v) is 3.88. The van der Waals surface area contributed by atoms with Crippen molar-refractivity contribution >= 4 is 0 Å². The van der Waals surface area contributed by atoms with Crippen molar-refractivity contribution < 1.29 is 0 Å². The van der Waals surface area contributed by atoms with Gasteiger partial charge >= 0.3 is 0 Å². The fourth-order valence-corrected chi connectivity index (χ4v) is 2.59. The Morgan fingerprint density at radius 2 is 2.05 bits per heavy atom. The van der Waals surface area contributed by atoms with Gasteiger partial charge in [-0.25, -0.2) is 0 Å². The minimum atomic E-state index is 0.468. The van der Waals surface area contributed by atoms with E-state index in [1.807, 2.05) is 17.9 Å². The average molecular weight is 265 g/mol. The van der Waals surface area contributed by atoms with E-state index in [2.05, 4.69) is 37.4 Å². The number of unbranched alkanes of at least 4 members (excludes halogenated alkanes) is 1. The first-order valence-electron chi connectivity index (χ1n) is 7.93. The molecule has 0 aliphatic rings. The highest BCUT2D eigenvalue weighted by Gasteiger charge is 2.17. The molecule has 3 nitrogen and oxygen atoms in total. The maximum Gasteiger partial charge on any atom is 0.0537 e. The van der Waals surface area contributed by atoms with Crippen LogP contribution in [0.4, 0.5) is 0 Å². The Morgan fingerprint density at radius 3 is 2.58 bits per heavy atom. The average Bonchev–Trinajstić information content (AvgIpc) is 2.84. The molecule has 19 heavy (non-hydrogen) atoms. The molecule has 1 heterocycles. The van der Waals surface area contributed by atoms with Crippen molar-refractivity contribution in [1.29, 1.82) is 0 Å². The van der Waals surface area contributed by atoms with Crippen LogP contribution >= 0.6 is 0 Å². The molecule has 1 N–H and O–H groups in total. The second-order valence-corrected chi connectivity index (χ2v) is 5.61. The second-order valence-electron chi connectivity index (χ2n) is 5.61. The minimum Gasteiger partial charge on any atom is -0.310 e. The number of aryl methyl sites for hydroxylation is 1. The maximum atomic E-state index is 4.32. The van der Waals surface area contributed by atoms with Crippen LogP contribution in [-0.2, 0) is 7.05 Å². The van der Waals surface area contributed by atoms with Gasteiger partial charge in [-0.1, -0.05) is 46.5 Å². The molecule has 0 fully saturated rings. The molecule has 3 heteroatoms. The zero-order valence-electron chi connectivity index (χ0n) is 13.2. The van der Waals surface area contributed by atoms with Gasteiger partial charge in [0.1, 0.15) is 0 Å². The zero-order valence-corrected chi connectivity index (χ0v) is 13.2. The molecule has 2 unspecified atom stereocenters. The van der Waals surface area contributed by atoms with E-state index in [9.17, 15) is 0 Å². The van der Waals surface area contributed by atoms with Crippen LogP contribution in [0.1, 0.15) is 70.9 Å². The van der Waals surface area contributed by atoms with Crippen molar-refractivity contribution in [3.63, 3.8) is 0 Å². The molecule has 0 saturated heterocycles. The molecule has 0 spiro atoms. The summed E-state index contributed by atoms with van der Waals surface area (Å²) < 4.78 is 1.91. The summed E-state index contributed by atoms with van der Waals surface area (Å²) in [4.78, 5) is 0. The van der Waals surface area contributed by atoms with Gasteiger partial charge in [-0.05, 0) is 25.3 Å². The molecule has 110 valence electrons. The van der Waals surface area contributed by atoms with Crippen molar-refractivity contribution in [2.45, 2.75) is 65.3 Å². The lowest BCUT2D eigenvalue weighted by molar-refractivity contribution is 0.353. The Bertz CT molecular complexity index is 332. The summed E-state index contributed by atoms with van der Waals surface area (Å²) >= 11 is 0. The Labute approximate surface area is 118 Å². The van der Waals surface area contributed by atoms with E-state index in [1.54, 1.807) is 0 Å². The van der Waals surface area contributed by atoms with Crippen molar-refractivity contribution in [1.82, 2.24) is 15.1 Å². The van der Waals surface area contributed by atoms with Gasteiger partial charge in [0.15, 0.2) is 0 Å². The molecule has 1 aromatic rings. The van der Waals surface area contributed by atoms with Crippen molar-refractivity contribution in [3.05, 3.63) is 18.0 Å². The summed E-state index contributed by atoms with van der Waals surface area (Å²) in [5, 5.41) is 8.00. The quantitative estimate of drug-likeness (QED) is 0.691. The van der Waals surface area contributed by atoms with Gasteiger partial charge in [0.2, 0.25) is 0 Å². The van der Waals surface area contributed by atoms with E-state index >= 15 is 0 Å². The summed E-state index contributed by atoms with van der Waals surface area (Å²) in [6.45, 7) is 7.91. The summed E-state index contributed by atoms with van der Waals surface area (Å²) in [5.74, 6) is 0.828. The highest BCUT2D eigenvalue weighted by molar-refractivity contribution is 5.10. The number of nitrogens with zero attached hydrogens (tertiary/aromatic N) is 2. The van der Waals surface area contributed by atoms with Gasteiger partial charge in [0, 0.05) is 24.8 Å². The third-order valence-electron chi connectivity index (χ3n) is 3.88. The van der Waals surface area contributed by atoms with Crippen LogP contribution in [0.2, 0.25) is 0 Å². The van der Waals surface area contributed by atoms with E-state index in [-0.39, 0.29) is 0 Å². The zero-order chi connectivity index (χ0) is 14.1. The van der Waals surface area contributed by atoms with Crippen LogP contribution in [0.5, 0.6) is 0 Å². The Kier molecular flexibility index (Phi) is 7.80. The standard InChI is InChI=1S/C16H31N3/c1-5-8-9-14(7-3)11-16(17-10-6-2)15-12-18-19(4)13-15/h12-14,16-17H,5-11H2,1-4H3. The van der Waals surface area contributed by atoms with E-state index in [1.165, 1.54) is 44.1 Å². The molecule has 0 aromatic carbocycles. The van der Waals surface area contributed by atoms with E-state index in [0.29, 0.717) is 6.04 Å². The molecular formula is C16H31N3. The fraction of sp³-hybridized carbons (Fsp3) is 0.812. The van der Waals surface area contributed by atoms with Gasteiger partial charge in [-0.3, -0.25) is 4.68 Å². The number of rotatable bonds is 10. The number of hydrogen-bond acceptors (Lipinski definition) is 2. The monoisotopic (exact) mass is 265 g/mol.